The lowest BCUT2D eigenvalue weighted by Crippen LogP contribution is -2.28. The summed E-state index contributed by atoms with van der Waals surface area (Å²) in [7, 11) is 1.90. The van der Waals surface area contributed by atoms with Crippen LogP contribution in [0.5, 0.6) is 0 Å². The van der Waals surface area contributed by atoms with E-state index in [1.807, 2.05) is 24.1 Å². The van der Waals surface area contributed by atoms with Gasteiger partial charge in [-0.3, -0.25) is 4.79 Å². The monoisotopic (exact) mass is 387 g/mol. The van der Waals surface area contributed by atoms with Crippen LogP contribution in [-0.2, 0) is 11.2 Å². The summed E-state index contributed by atoms with van der Waals surface area (Å²) in [6.45, 7) is 2.94. The predicted molar refractivity (Wildman–Crippen MR) is 107 cm³/mol. The van der Waals surface area contributed by atoms with Gasteiger partial charge in [-0.2, -0.15) is 0 Å². The van der Waals surface area contributed by atoms with Crippen LogP contribution in [0.3, 0.4) is 0 Å². The molecule has 2 aromatic rings. The molecule has 0 aliphatic carbocycles. The Bertz CT molecular complexity index is 756. The quantitative estimate of drug-likeness (QED) is 0.625. The van der Waals surface area contributed by atoms with E-state index >= 15 is 0 Å². The van der Waals surface area contributed by atoms with Crippen molar-refractivity contribution in [3.05, 3.63) is 41.9 Å². The smallest absolute Gasteiger partial charge is 0.222 e. The van der Waals surface area contributed by atoms with Crippen molar-refractivity contribution in [2.24, 2.45) is 5.92 Å². The van der Waals surface area contributed by atoms with E-state index in [2.05, 4.69) is 10.5 Å². The summed E-state index contributed by atoms with van der Waals surface area (Å²) in [5, 5.41) is 7.38. The molecule has 1 aliphatic rings. The molecule has 0 radical (unpaired) electrons. The van der Waals surface area contributed by atoms with Crippen LogP contribution in [-0.4, -0.2) is 42.6 Å². The lowest BCUT2D eigenvalue weighted by molar-refractivity contribution is -0.130. The van der Waals surface area contributed by atoms with E-state index in [0.717, 1.165) is 63.1 Å². The van der Waals surface area contributed by atoms with Gasteiger partial charge in [0.25, 0.3) is 0 Å². The van der Waals surface area contributed by atoms with Crippen LogP contribution in [0.15, 0.2) is 34.9 Å². The summed E-state index contributed by atoms with van der Waals surface area (Å²) in [4.78, 5) is 14.1. The molecule has 0 spiro atoms. The number of benzene rings is 1. The fourth-order valence-electron chi connectivity index (χ4n) is 3.64. The van der Waals surface area contributed by atoms with E-state index in [-0.39, 0.29) is 11.7 Å². The van der Waals surface area contributed by atoms with Crippen molar-refractivity contribution in [1.82, 2.24) is 15.4 Å². The van der Waals surface area contributed by atoms with Gasteiger partial charge >= 0.3 is 0 Å². The Balaban J connectivity index is 1.31. The minimum atomic E-state index is -0.277. The number of carbonyl (C=O) groups is 1. The van der Waals surface area contributed by atoms with Gasteiger partial charge in [0, 0.05) is 38.1 Å². The predicted octanol–water partition coefficient (Wildman–Crippen LogP) is 4.04. The molecule has 1 saturated heterocycles. The van der Waals surface area contributed by atoms with Crippen molar-refractivity contribution >= 4 is 5.91 Å². The molecule has 2 heterocycles. The number of unbranched alkanes of at least 4 members (excludes halogenated alkanes) is 2. The van der Waals surface area contributed by atoms with Crippen molar-refractivity contribution in [2.45, 2.75) is 44.9 Å². The first-order chi connectivity index (χ1) is 13.6. The molecule has 0 saturated carbocycles. The van der Waals surface area contributed by atoms with Gasteiger partial charge < -0.3 is 14.7 Å². The minimum absolute atomic E-state index is 0.252. The molecule has 1 atom stereocenters. The van der Waals surface area contributed by atoms with E-state index in [1.165, 1.54) is 18.6 Å². The first kappa shape index (κ1) is 20.5. The third-order valence-corrected chi connectivity index (χ3v) is 5.45. The molecule has 1 aliphatic heterocycles. The highest BCUT2D eigenvalue weighted by Crippen LogP contribution is 2.21. The largest absolute Gasteiger partial charge is 0.361 e. The molecule has 0 bridgehead atoms. The number of aromatic nitrogens is 1. The molecular weight excluding hydrogens is 357 g/mol. The van der Waals surface area contributed by atoms with Gasteiger partial charge in [0.05, 0.1) is 0 Å². The second-order valence-electron chi connectivity index (χ2n) is 7.71. The molecule has 1 aromatic heterocycles. The molecule has 1 aromatic carbocycles. The summed E-state index contributed by atoms with van der Waals surface area (Å²) in [6.07, 6.45) is 6.64. The van der Waals surface area contributed by atoms with Gasteiger partial charge in [-0.15, -0.1) is 0 Å². The van der Waals surface area contributed by atoms with Crippen molar-refractivity contribution in [3.8, 4) is 11.3 Å². The molecule has 1 N–H and O–H groups in total. The third kappa shape index (κ3) is 6.16. The third-order valence-electron chi connectivity index (χ3n) is 5.45. The normalized spacial score (nSPS) is 16.4. The fraction of sp³-hybridized carbons (Fsp3) is 0.545. The minimum Gasteiger partial charge on any atom is -0.361 e. The Morgan fingerprint density at radius 1 is 1.32 bits per heavy atom. The second-order valence-corrected chi connectivity index (χ2v) is 7.71. The maximum Gasteiger partial charge on any atom is 0.222 e. The van der Waals surface area contributed by atoms with Crippen molar-refractivity contribution in [1.29, 1.82) is 0 Å². The second kappa shape index (κ2) is 10.4. The van der Waals surface area contributed by atoms with Gasteiger partial charge in [-0.25, -0.2) is 4.39 Å². The number of nitrogens with zero attached hydrogens (tertiary/aromatic N) is 2. The summed E-state index contributed by atoms with van der Waals surface area (Å²) >= 11 is 0. The van der Waals surface area contributed by atoms with Crippen LogP contribution >= 0.6 is 0 Å². The Labute approximate surface area is 166 Å². The topological polar surface area (TPSA) is 58.4 Å². The Morgan fingerprint density at radius 3 is 3.00 bits per heavy atom. The van der Waals surface area contributed by atoms with Gasteiger partial charge in [0.2, 0.25) is 5.91 Å². The zero-order chi connectivity index (χ0) is 19.8. The standard InChI is InChI=1S/C22H30FN3O2/c1-26(22(27)10-9-17-11-12-24-16-17)13-4-2-3-8-20-15-21(25-28-20)18-6-5-7-19(23)14-18/h5-7,14-15,17,24H,2-4,8-13,16H2,1H3. The first-order valence-electron chi connectivity index (χ1n) is 10.3. The van der Waals surface area contributed by atoms with Crippen LogP contribution in [0, 0.1) is 11.7 Å². The van der Waals surface area contributed by atoms with Crippen LogP contribution in [0.4, 0.5) is 4.39 Å². The zero-order valence-corrected chi connectivity index (χ0v) is 16.6. The van der Waals surface area contributed by atoms with E-state index < -0.39 is 0 Å². The maximum absolute atomic E-state index is 13.3. The molecule has 152 valence electrons. The van der Waals surface area contributed by atoms with E-state index in [4.69, 9.17) is 4.52 Å². The molecule has 1 amide bonds. The van der Waals surface area contributed by atoms with E-state index in [9.17, 15) is 9.18 Å². The number of aryl methyl sites for hydroxylation is 1. The van der Waals surface area contributed by atoms with E-state index in [0.29, 0.717) is 18.0 Å². The van der Waals surface area contributed by atoms with Crippen LogP contribution in [0.1, 0.15) is 44.3 Å². The summed E-state index contributed by atoms with van der Waals surface area (Å²) in [5.41, 5.74) is 1.39. The molecular formula is C22H30FN3O2. The molecule has 3 rings (SSSR count). The van der Waals surface area contributed by atoms with Gasteiger partial charge in [-0.1, -0.05) is 23.7 Å². The Hall–Kier alpha value is -2.21. The highest BCUT2D eigenvalue weighted by molar-refractivity contribution is 5.75. The number of hydrogen-bond acceptors (Lipinski definition) is 4. The number of amides is 1. The Kier molecular flexibility index (Phi) is 7.60. The average Bonchev–Trinajstić information content (AvgIpc) is 3.37. The number of halogens is 1. The van der Waals surface area contributed by atoms with E-state index in [1.54, 1.807) is 6.07 Å². The summed E-state index contributed by atoms with van der Waals surface area (Å²) in [6, 6.07) is 8.24. The van der Waals surface area contributed by atoms with Gasteiger partial charge in [-0.05, 0) is 56.8 Å². The first-order valence-corrected chi connectivity index (χ1v) is 10.3. The molecule has 1 unspecified atom stereocenters. The fourth-order valence-corrected chi connectivity index (χ4v) is 3.64. The number of rotatable bonds is 10. The van der Waals surface area contributed by atoms with Crippen molar-refractivity contribution in [3.63, 3.8) is 0 Å². The van der Waals surface area contributed by atoms with Crippen molar-refractivity contribution < 1.29 is 13.7 Å². The number of carbonyl (C=O) groups excluding carboxylic acids is 1. The SMILES string of the molecule is CN(CCCCCc1cc(-c2cccc(F)c2)no1)C(=O)CCC1CCNC1. The zero-order valence-electron chi connectivity index (χ0n) is 16.6. The molecule has 28 heavy (non-hydrogen) atoms. The summed E-state index contributed by atoms with van der Waals surface area (Å²) < 4.78 is 18.7. The van der Waals surface area contributed by atoms with Crippen LogP contribution < -0.4 is 5.32 Å². The Morgan fingerprint density at radius 2 is 2.21 bits per heavy atom. The lowest BCUT2D eigenvalue weighted by atomic mass is 10.0. The van der Waals surface area contributed by atoms with Gasteiger partial charge in [0.1, 0.15) is 17.3 Å². The maximum atomic E-state index is 13.3. The highest BCUT2D eigenvalue weighted by Gasteiger charge is 2.17. The van der Waals surface area contributed by atoms with Crippen molar-refractivity contribution in [2.75, 3.05) is 26.7 Å². The number of nitrogens with one attached hydrogen (secondary N) is 1. The average molecular weight is 387 g/mol. The number of hydrogen-bond donors (Lipinski definition) is 1. The highest BCUT2D eigenvalue weighted by atomic mass is 19.1. The molecule has 6 heteroatoms. The van der Waals surface area contributed by atoms with Gasteiger partial charge in [0.15, 0.2) is 0 Å². The molecule has 1 fully saturated rings. The summed E-state index contributed by atoms with van der Waals surface area (Å²) in [5.74, 6) is 1.45. The van der Waals surface area contributed by atoms with Crippen LogP contribution in [0.25, 0.3) is 11.3 Å². The molecule has 5 nitrogen and oxygen atoms in total. The lowest BCUT2D eigenvalue weighted by Gasteiger charge is -2.18. The van der Waals surface area contributed by atoms with Crippen LogP contribution in [0.2, 0.25) is 0 Å².